The van der Waals surface area contributed by atoms with Gasteiger partial charge in [-0.3, -0.25) is 4.90 Å². The van der Waals surface area contributed by atoms with Gasteiger partial charge < -0.3 is 15.2 Å². The van der Waals surface area contributed by atoms with E-state index < -0.39 is 0 Å². The van der Waals surface area contributed by atoms with Crippen molar-refractivity contribution >= 4 is 5.69 Å². The minimum absolute atomic E-state index is 0.677. The molecule has 2 N–H and O–H groups in total. The Kier molecular flexibility index (Phi) is 5.63. The van der Waals surface area contributed by atoms with Crippen molar-refractivity contribution in [1.29, 1.82) is 0 Å². The van der Waals surface area contributed by atoms with Crippen molar-refractivity contribution in [3.05, 3.63) is 29.3 Å². The zero-order chi connectivity index (χ0) is 13.5. The number of benzene rings is 1. The summed E-state index contributed by atoms with van der Waals surface area (Å²) in [7, 11) is 1.69. The van der Waals surface area contributed by atoms with Gasteiger partial charge in [-0.25, -0.2) is 0 Å². The van der Waals surface area contributed by atoms with Gasteiger partial charge in [-0.2, -0.15) is 0 Å². The lowest BCUT2D eigenvalue weighted by Crippen LogP contribution is -2.32. The minimum Gasteiger partial charge on any atom is -0.398 e. The van der Waals surface area contributed by atoms with Crippen LogP contribution in [-0.4, -0.2) is 44.9 Å². The Labute approximate surface area is 115 Å². The second-order valence-corrected chi connectivity index (χ2v) is 4.97. The van der Waals surface area contributed by atoms with Gasteiger partial charge in [0, 0.05) is 39.0 Å². The molecular formula is C15H24N2O2. The van der Waals surface area contributed by atoms with E-state index in [0.29, 0.717) is 13.2 Å². The first kappa shape index (κ1) is 14.3. The highest BCUT2D eigenvalue weighted by Crippen LogP contribution is 2.23. The van der Waals surface area contributed by atoms with Crippen LogP contribution < -0.4 is 5.73 Å². The van der Waals surface area contributed by atoms with Crippen molar-refractivity contribution in [3.63, 3.8) is 0 Å². The molecule has 1 heterocycles. The quantitative estimate of drug-likeness (QED) is 0.601. The number of rotatable bonds is 7. The Morgan fingerprint density at radius 3 is 3.00 bits per heavy atom. The number of methoxy groups -OCH3 is 1. The summed E-state index contributed by atoms with van der Waals surface area (Å²) in [6.45, 7) is 5.37. The van der Waals surface area contributed by atoms with Gasteiger partial charge in [0.05, 0.1) is 13.2 Å². The predicted octanol–water partition coefficient (Wildman–Crippen LogP) is 1.68. The van der Waals surface area contributed by atoms with Crippen molar-refractivity contribution in [2.24, 2.45) is 0 Å². The van der Waals surface area contributed by atoms with Gasteiger partial charge >= 0.3 is 0 Å². The second kappa shape index (κ2) is 7.48. The van der Waals surface area contributed by atoms with E-state index in [2.05, 4.69) is 11.0 Å². The first-order chi connectivity index (χ1) is 9.31. The van der Waals surface area contributed by atoms with Gasteiger partial charge in [0.15, 0.2) is 0 Å². The molecule has 106 valence electrons. The Morgan fingerprint density at radius 1 is 1.26 bits per heavy atom. The number of hydrogen-bond donors (Lipinski definition) is 1. The number of nitrogen functional groups attached to an aromatic ring is 1. The minimum atomic E-state index is 0.677. The van der Waals surface area contributed by atoms with E-state index in [1.807, 2.05) is 12.1 Å². The molecule has 19 heavy (non-hydrogen) atoms. The fraction of sp³-hybridized carbons (Fsp3) is 0.600. The van der Waals surface area contributed by atoms with Crippen molar-refractivity contribution in [1.82, 2.24) is 4.90 Å². The van der Waals surface area contributed by atoms with Crippen molar-refractivity contribution < 1.29 is 9.47 Å². The maximum absolute atomic E-state index is 6.00. The van der Waals surface area contributed by atoms with E-state index in [0.717, 1.165) is 44.8 Å². The largest absolute Gasteiger partial charge is 0.398 e. The number of nitrogens with zero attached hydrogens (tertiary/aromatic N) is 1. The fourth-order valence-corrected chi connectivity index (χ4v) is 2.52. The number of hydrogen-bond acceptors (Lipinski definition) is 4. The van der Waals surface area contributed by atoms with E-state index in [1.54, 1.807) is 7.11 Å². The van der Waals surface area contributed by atoms with Crippen molar-refractivity contribution in [2.45, 2.75) is 19.4 Å². The lowest BCUT2D eigenvalue weighted by atomic mass is 9.98. The van der Waals surface area contributed by atoms with Crippen LogP contribution in [0.25, 0.3) is 0 Å². The van der Waals surface area contributed by atoms with Gasteiger partial charge in [0.2, 0.25) is 0 Å². The first-order valence-electron chi connectivity index (χ1n) is 6.96. The predicted molar refractivity (Wildman–Crippen MR) is 77.1 cm³/mol. The van der Waals surface area contributed by atoms with Crippen LogP contribution in [0, 0.1) is 0 Å². The standard InChI is InChI=1S/C15H24N2O2/c1-18-10-11-19-9-3-7-17-8-6-14-13(12-17)4-2-5-15(14)16/h2,4-5H,3,6-12,16H2,1H3. The molecular weight excluding hydrogens is 240 g/mol. The second-order valence-electron chi connectivity index (χ2n) is 4.97. The maximum atomic E-state index is 6.00. The smallest absolute Gasteiger partial charge is 0.0700 e. The molecule has 1 aliphatic rings. The summed E-state index contributed by atoms with van der Waals surface area (Å²) in [6.07, 6.45) is 2.13. The molecule has 4 heteroatoms. The molecule has 2 rings (SSSR count). The van der Waals surface area contributed by atoms with E-state index in [9.17, 15) is 0 Å². The summed E-state index contributed by atoms with van der Waals surface area (Å²) < 4.78 is 10.4. The number of anilines is 1. The molecule has 1 aromatic carbocycles. The molecule has 0 spiro atoms. The molecule has 0 amide bonds. The topological polar surface area (TPSA) is 47.7 Å². The highest BCUT2D eigenvalue weighted by Gasteiger charge is 2.17. The lowest BCUT2D eigenvalue weighted by molar-refractivity contribution is 0.0646. The average Bonchev–Trinajstić information content (AvgIpc) is 2.43. The summed E-state index contributed by atoms with van der Waals surface area (Å²) in [5.41, 5.74) is 9.67. The number of nitrogens with two attached hydrogens (primary N) is 1. The van der Waals surface area contributed by atoms with Crippen molar-refractivity contribution in [3.8, 4) is 0 Å². The summed E-state index contributed by atoms with van der Waals surface area (Å²) in [4.78, 5) is 2.47. The number of ether oxygens (including phenoxy) is 2. The highest BCUT2D eigenvalue weighted by molar-refractivity contribution is 5.51. The van der Waals surface area contributed by atoms with Crippen LogP contribution in [0.1, 0.15) is 17.5 Å². The van der Waals surface area contributed by atoms with Crippen LogP contribution in [0.4, 0.5) is 5.69 Å². The van der Waals surface area contributed by atoms with E-state index >= 15 is 0 Å². The Bertz CT molecular complexity index is 396. The molecule has 0 radical (unpaired) electrons. The van der Waals surface area contributed by atoms with Crippen LogP contribution in [0.5, 0.6) is 0 Å². The van der Waals surface area contributed by atoms with E-state index in [1.165, 1.54) is 11.1 Å². The van der Waals surface area contributed by atoms with Gasteiger partial charge in [-0.1, -0.05) is 12.1 Å². The summed E-state index contributed by atoms with van der Waals surface area (Å²) in [6, 6.07) is 6.23. The SMILES string of the molecule is COCCOCCCN1CCc2c(N)cccc2C1. The monoisotopic (exact) mass is 264 g/mol. The summed E-state index contributed by atoms with van der Waals surface area (Å²) in [5.74, 6) is 0. The third kappa shape index (κ3) is 4.20. The Hall–Kier alpha value is -1.10. The molecule has 0 unspecified atom stereocenters. The third-order valence-corrected chi connectivity index (χ3v) is 3.58. The van der Waals surface area contributed by atoms with Crippen LogP contribution in [0.3, 0.4) is 0 Å². The summed E-state index contributed by atoms with van der Waals surface area (Å²) in [5, 5.41) is 0. The third-order valence-electron chi connectivity index (χ3n) is 3.58. The molecule has 1 aliphatic heterocycles. The first-order valence-corrected chi connectivity index (χ1v) is 6.96. The van der Waals surface area contributed by atoms with Crippen LogP contribution in [0.2, 0.25) is 0 Å². The van der Waals surface area contributed by atoms with E-state index in [4.69, 9.17) is 15.2 Å². The lowest BCUT2D eigenvalue weighted by Gasteiger charge is -2.29. The molecule has 1 aromatic rings. The molecule has 0 atom stereocenters. The van der Waals surface area contributed by atoms with Gasteiger partial charge in [0.25, 0.3) is 0 Å². The fourth-order valence-electron chi connectivity index (χ4n) is 2.52. The van der Waals surface area contributed by atoms with Crippen molar-refractivity contribution in [2.75, 3.05) is 45.8 Å². The molecule has 0 aromatic heterocycles. The maximum Gasteiger partial charge on any atom is 0.0700 e. The Balaban J connectivity index is 1.70. The molecule has 0 bridgehead atoms. The van der Waals surface area contributed by atoms with Crippen LogP contribution in [0.15, 0.2) is 18.2 Å². The molecule has 0 aliphatic carbocycles. The van der Waals surface area contributed by atoms with Crippen LogP contribution in [-0.2, 0) is 22.4 Å². The molecule has 0 saturated heterocycles. The average molecular weight is 264 g/mol. The Morgan fingerprint density at radius 2 is 2.16 bits per heavy atom. The van der Waals surface area contributed by atoms with Crippen LogP contribution >= 0.6 is 0 Å². The zero-order valence-electron chi connectivity index (χ0n) is 11.7. The van der Waals surface area contributed by atoms with E-state index in [-0.39, 0.29) is 0 Å². The summed E-state index contributed by atoms with van der Waals surface area (Å²) >= 11 is 0. The highest BCUT2D eigenvalue weighted by atomic mass is 16.5. The van der Waals surface area contributed by atoms with Gasteiger partial charge in [-0.05, 0) is 30.0 Å². The normalized spacial score (nSPS) is 15.4. The van der Waals surface area contributed by atoms with Gasteiger partial charge in [0.1, 0.15) is 0 Å². The molecule has 0 saturated carbocycles. The molecule has 0 fully saturated rings. The molecule has 4 nitrogen and oxygen atoms in total. The number of fused-ring (bicyclic) bond motifs is 1. The zero-order valence-corrected chi connectivity index (χ0v) is 11.7. The van der Waals surface area contributed by atoms with Gasteiger partial charge in [-0.15, -0.1) is 0 Å².